The summed E-state index contributed by atoms with van der Waals surface area (Å²) in [5, 5.41) is 18.7. The van der Waals surface area contributed by atoms with Gasteiger partial charge in [-0.2, -0.15) is 5.10 Å². The lowest BCUT2D eigenvalue weighted by atomic mass is 10.1. The van der Waals surface area contributed by atoms with Gasteiger partial charge in [0.15, 0.2) is 0 Å². The first-order valence-electron chi connectivity index (χ1n) is 7.38. The molecule has 2 amide bonds. The Morgan fingerprint density at radius 2 is 2.00 bits per heavy atom. The third kappa shape index (κ3) is 4.33. The van der Waals surface area contributed by atoms with Gasteiger partial charge in [-0.05, 0) is 44.0 Å². The molecule has 6 nitrogen and oxygen atoms in total. The molecule has 2 rings (SSSR count). The summed E-state index contributed by atoms with van der Waals surface area (Å²) in [5.41, 5.74) is 1.99. The van der Waals surface area contributed by atoms with Crippen molar-refractivity contribution in [2.45, 2.75) is 32.4 Å². The van der Waals surface area contributed by atoms with Crippen molar-refractivity contribution in [1.29, 1.82) is 0 Å². The minimum Gasteiger partial charge on any atom is -0.396 e. The van der Waals surface area contributed by atoms with Crippen molar-refractivity contribution in [3.63, 3.8) is 0 Å². The molecule has 0 aliphatic carbocycles. The van der Waals surface area contributed by atoms with Crippen LogP contribution in [0.15, 0.2) is 42.7 Å². The summed E-state index contributed by atoms with van der Waals surface area (Å²) in [5.74, 6) is 0. The number of carbonyl (C=O) groups excluding carboxylic acids is 1. The second-order valence-electron chi connectivity index (χ2n) is 5.29. The third-order valence-corrected chi connectivity index (χ3v) is 3.45. The average Bonchev–Trinajstić information content (AvgIpc) is 3.01. The molecule has 0 spiro atoms. The molecule has 2 aromatic rings. The monoisotopic (exact) mass is 302 g/mol. The van der Waals surface area contributed by atoms with Crippen molar-refractivity contribution in [2.75, 3.05) is 6.61 Å². The molecule has 3 N–H and O–H groups in total. The number of aliphatic hydroxyl groups is 1. The summed E-state index contributed by atoms with van der Waals surface area (Å²) in [4.78, 5) is 11.8. The van der Waals surface area contributed by atoms with Crippen LogP contribution in [-0.4, -0.2) is 33.6 Å². The second-order valence-corrected chi connectivity index (χ2v) is 5.29. The molecule has 0 aliphatic rings. The Hall–Kier alpha value is -2.34. The molecule has 1 unspecified atom stereocenters. The van der Waals surface area contributed by atoms with Gasteiger partial charge in [0.05, 0.1) is 11.7 Å². The smallest absolute Gasteiger partial charge is 0.315 e. The number of urea groups is 1. The number of hydrogen-bond donors (Lipinski definition) is 3. The van der Waals surface area contributed by atoms with E-state index in [1.54, 1.807) is 10.9 Å². The Bertz CT molecular complexity index is 581. The predicted molar refractivity (Wildman–Crippen MR) is 84.8 cm³/mol. The largest absolute Gasteiger partial charge is 0.396 e. The van der Waals surface area contributed by atoms with Gasteiger partial charge in [0, 0.05) is 25.0 Å². The highest BCUT2D eigenvalue weighted by atomic mass is 16.3. The standard InChI is InChI=1S/C16H22N4O2/c1-12(8-11-21)18-16(22)19-13(2)14-4-6-15(7-5-14)20-10-3-9-17-20/h3-7,9-10,12-13,21H,8,11H2,1-2H3,(H2,18,19,22)/t12-,13?/m1/s1. The zero-order valence-electron chi connectivity index (χ0n) is 12.9. The number of benzene rings is 1. The van der Waals surface area contributed by atoms with Crippen LogP contribution in [0.1, 0.15) is 31.9 Å². The number of amides is 2. The first kappa shape index (κ1) is 16.0. The summed E-state index contributed by atoms with van der Waals surface area (Å²) in [6, 6.07) is 9.35. The lowest BCUT2D eigenvalue weighted by molar-refractivity contribution is 0.228. The zero-order valence-corrected chi connectivity index (χ0v) is 12.9. The van der Waals surface area contributed by atoms with Gasteiger partial charge in [0.25, 0.3) is 0 Å². The van der Waals surface area contributed by atoms with Gasteiger partial charge in [-0.3, -0.25) is 0 Å². The van der Waals surface area contributed by atoms with Gasteiger partial charge in [-0.15, -0.1) is 0 Å². The molecule has 0 saturated carbocycles. The van der Waals surface area contributed by atoms with Crippen molar-refractivity contribution in [3.8, 4) is 5.69 Å². The fourth-order valence-electron chi connectivity index (χ4n) is 2.15. The minimum atomic E-state index is -0.232. The number of rotatable bonds is 6. The number of nitrogens with zero attached hydrogens (tertiary/aromatic N) is 2. The zero-order chi connectivity index (χ0) is 15.9. The highest BCUT2D eigenvalue weighted by molar-refractivity contribution is 5.74. The Labute approximate surface area is 130 Å². The van der Waals surface area contributed by atoms with Gasteiger partial charge in [0.1, 0.15) is 0 Å². The molecule has 22 heavy (non-hydrogen) atoms. The Morgan fingerprint density at radius 3 is 2.59 bits per heavy atom. The maximum Gasteiger partial charge on any atom is 0.315 e. The van der Waals surface area contributed by atoms with Crippen LogP contribution in [0.2, 0.25) is 0 Å². The summed E-state index contributed by atoms with van der Waals surface area (Å²) in [7, 11) is 0. The molecule has 0 aliphatic heterocycles. The van der Waals surface area contributed by atoms with Gasteiger partial charge >= 0.3 is 6.03 Å². The average molecular weight is 302 g/mol. The lowest BCUT2D eigenvalue weighted by Crippen LogP contribution is -2.42. The Balaban J connectivity index is 1.92. The molecule has 0 saturated heterocycles. The van der Waals surface area contributed by atoms with Crippen molar-refractivity contribution in [2.24, 2.45) is 0 Å². The number of aromatic nitrogens is 2. The van der Waals surface area contributed by atoms with E-state index >= 15 is 0 Å². The molecular formula is C16H22N4O2. The molecule has 6 heteroatoms. The fraction of sp³-hybridized carbons (Fsp3) is 0.375. The third-order valence-electron chi connectivity index (χ3n) is 3.45. The van der Waals surface area contributed by atoms with Gasteiger partial charge in [-0.25, -0.2) is 9.48 Å². The number of hydrogen-bond acceptors (Lipinski definition) is 3. The predicted octanol–water partition coefficient (Wildman–Crippen LogP) is 2.00. The highest BCUT2D eigenvalue weighted by Crippen LogP contribution is 2.15. The van der Waals surface area contributed by atoms with Crippen LogP contribution in [-0.2, 0) is 0 Å². The molecule has 0 bridgehead atoms. The molecule has 1 aromatic carbocycles. The van der Waals surface area contributed by atoms with Crippen LogP contribution < -0.4 is 10.6 Å². The molecule has 1 heterocycles. The number of aliphatic hydroxyl groups excluding tert-OH is 1. The molecule has 0 radical (unpaired) electrons. The Kier molecular flexibility index (Phi) is 5.55. The SMILES string of the molecule is CC(NC(=O)N[C@H](C)CCO)c1ccc(-n2cccn2)cc1. The van der Waals surface area contributed by atoms with E-state index in [0.717, 1.165) is 11.3 Å². The number of carbonyl (C=O) groups is 1. The summed E-state index contributed by atoms with van der Waals surface area (Å²) in [6.45, 7) is 3.85. The van der Waals surface area contributed by atoms with E-state index in [9.17, 15) is 4.79 Å². The first-order chi connectivity index (χ1) is 10.6. The van der Waals surface area contributed by atoms with E-state index in [2.05, 4.69) is 15.7 Å². The molecule has 1 aromatic heterocycles. The van der Waals surface area contributed by atoms with Crippen LogP contribution in [0.5, 0.6) is 0 Å². The van der Waals surface area contributed by atoms with Gasteiger partial charge in [0.2, 0.25) is 0 Å². The molecular weight excluding hydrogens is 280 g/mol. The van der Waals surface area contributed by atoms with E-state index in [1.165, 1.54) is 0 Å². The maximum atomic E-state index is 11.8. The quantitative estimate of drug-likeness (QED) is 0.763. The minimum absolute atomic E-state index is 0.0561. The van der Waals surface area contributed by atoms with E-state index in [1.807, 2.05) is 50.4 Å². The first-order valence-corrected chi connectivity index (χ1v) is 7.38. The summed E-state index contributed by atoms with van der Waals surface area (Å²) >= 11 is 0. The van der Waals surface area contributed by atoms with Gasteiger partial charge < -0.3 is 15.7 Å². The topological polar surface area (TPSA) is 79.2 Å². The molecule has 2 atom stereocenters. The maximum absolute atomic E-state index is 11.8. The van der Waals surface area contributed by atoms with E-state index in [0.29, 0.717) is 6.42 Å². The van der Waals surface area contributed by atoms with Crippen molar-refractivity contribution >= 4 is 6.03 Å². The normalized spacial score (nSPS) is 13.4. The fourth-order valence-corrected chi connectivity index (χ4v) is 2.15. The second kappa shape index (κ2) is 7.61. The molecule has 118 valence electrons. The van der Waals surface area contributed by atoms with Crippen LogP contribution in [0, 0.1) is 0 Å². The Morgan fingerprint density at radius 1 is 1.27 bits per heavy atom. The van der Waals surface area contributed by atoms with Crippen LogP contribution in [0.3, 0.4) is 0 Å². The lowest BCUT2D eigenvalue weighted by Gasteiger charge is -2.18. The van der Waals surface area contributed by atoms with Gasteiger partial charge in [-0.1, -0.05) is 12.1 Å². The van der Waals surface area contributed by atoms with Crippen LogP contribution in [0.25, 0.3) is 5.69 Å². The van der Waals surface area contributed by atoms with E-state index in [4.69, 9.17) is 5.11 Å². The summed E-state index contributed by atoms with van der Waals surface area (Å²) in [6.07, 6.45) is 4.16. The summed E-state index contributed by atoms with van der Waals surface area (Å²) < 4.78 is 1.78. The molecule has 0 fully saturated rings. The van der Waals surface area contributed by atoms with Crippen LogP contribution in [0.4, 0.5) is 4.79 Å². The van der Waals surface area contributed by atoms with Crippen molar-refractivity contribution in [3.05, 3.63) is 48.3 Å². The highest BCUT2D eigenvalue weighted by Gasteiger charge is 2.11. The van der Waals surface area contributed by atoms with Crippen molar-refractivity contribution < 1.29 is 9.90 Å². The van der Waals surface area contributed by atoms with E-state index < -0.39 is 0 Å². The van der Waals surface area contributed by atoms with E-state index in [-0.39, 0.29) is 24.7 Å². The van der Waals surface area contributed by atoms with Crippen molar-refractivity contribution in [1.82, 2.24) is 20.4 Å². The number of nitrogens with one attached hydrogen (secondary N) is 2. The van der Waals surface area contributed by atoms with Crippen LogP contribution >= 0.6 is 0 Å².